The molecule has 0 amide bonds. The Hall–Kier alpha value is 2.16. The van der Waals surface area contributed by atoms with Crippen LogP contribution in [0, 0.1) is 0 Å². The van der Waals surface area contributed by atoms with Gasteiger partial charge in [0.1, 0.15) is 0 Å². The first-order chi connectivity index (χ1) is 15.3. The molecule has 1 rings (SSSR count). The summed E-state index contributed by atoms with van der Waals surface area (Å²) in [5.74, 6) is 3.44. The van der Waals surface area contributed by atoms with Crippen LogP contribution in [0.3, 0.4) is 0 Å². The molecule has 0 saturated carbocycles. The second-order valence-corrected chi connectivity index (χ2v) is 27.4. The van der Waals surface area contributed by atoms with Crippen LogP contribution in [-0.2, 0) is 18.1 Å². The predicted molar refractivity (Wildman–Crippen MR) is 156 cm³/mol. The van der Waals surface area contributed by atoms with Crippen molar-refractivity contribution >= 4 is 72.1 Å². The van der Waals surface area contributed by atoms with Crippen LogP contribution in [0.15, 0.2) is 18.1 Å². The lowest BCUT2D eigenvalue weighted by atomic mass is 10.9. The van der Waals surface area contributed by atoms with Crippen molar-refractivity contribution in [3.8, 4) is 0 Å². The quantitative estimate of drug-likeness (QED) is 0.161. The Balaban J connectivity index is 4.24. The van der Waals surface area contributed by atoms with Crippen LogP contribution < -0.4 is 0 Å². The zero-order chi connectivity index (χ0) is 24.1. The molecule has 0 unspecified atom stereocenters. The predicted octanol–water partition coefficient (Wildman–Crippen LogP) is 10.9. The Labute approximate surface area is 212 Å². The summed E-state index contributed by atoms with van der Waals surface area (Å²) in [5.41, 5.74) is -4.85. The van der Waals surface area contributed by atoms with Crippen molar-refractivity contribution in [3.63, 3.8) is 0 Å². The largest absolute Gasteiger partial charge is 0.344 e. The van der Waals surface area contributed by atoms with Gasteiger partial charge >= 0.3 is 15.3 Å². The Morgan fingerprint density at radius 1 is 0.438 bits per heavy atom. The van der Waals surface area contributed by atoms with Crippen molar-refractivity contribution in [2.24, 2.45) is 18.1 Å². The van der Waals surface area contributed by atoms with Crippen molar-refractivity contribution in [2.45, 2.75) is 55.4 Å². The van der Waals surface area contributed by atoms with Crippen LogP contribution in [0.5, 0.6) is 0 Å². The number of rotatable bonds is 16. The van der Waals surface area contributed by atoms with Crippen LogP contribution in [0.4, 0.5) is 0 Å². The molecule has 0 spiro atoms. The Morgan fingerprint density at radius 3 is 0.875 bits per heavy atom. The Bertz CT molecular complexity index is 610. The van der Waals surface area contributed by atoms with E-state index in [0.29, 0.717) is 26.4 Å². The van der Waals surface area contributed by atoms with E-state index in [1.54, 1.807) is 45.5 Å². The van der Waals surface area contributed by atoms with Gasteiger partial charge in [0, 0.05) is 0 Å². The average Bonchev–Trinajstić information content (AvgIpc) is 2.68. The fourth-order valence-corrected chi connectivity index (χ4v) is 35.3. The molecule has 0 aromatic carbocycles. The first-order valence-electron chi connectivity index (χ1n) is 11.0. The van der Waals surface area contributed by atoms with E-state index in [1.807, 2.05) is 27.7 Å². The minimum absolute atomic E-state index is 0.471. The van der Waals surface area contributed by atoms with Gasteiger partial charge < -0.3 is 18.1 Å². The van der Waals surface area contributed by atoms with Gasteiger partial charge in [0.25, 0.3) is 0 Å². The molecule has 0 aromatic rings. The molecule has 1 aliphatic heterocycles. The zero-order valence-corrected chi connectivity index (χ0v) is 27.3. The van der Waals surface area contributed by atoms with E-state index in [9.17, 15) is 0 Å². The van der Waals surface area contributed by atoms with Gasteiger partial charge in [-0.05, 0) is 50.7 Å². The number of hydrogen-bond acceptors (Lipinski definition) is 12. The molecule has 192 valence electrons. The first kappa shape index (κ1) is 32.2. The van der Waals surface area contributed by atoms with Crippen molar-refractivity contribution in [1.82, 2.24) is 0 Å². The lowest BCUT2D eigenvalue weighted by molar-refractivity contribution is 0.260. The first-order valence-corrected chi connectivity index (χ1v) is 23.8. The average molecular weight is 605 g/mol. The van der Waals surface area contributed by atoms with Crippen LogP contribution in [-0.4, -0.2) is 49.4 Å². The molecule has 0 atom stereocenters. The summed E-state index contributed by atoms with van der Waals surface area (Å²) in [6, 6.07) is 0. The Kier molecular flexibility index (Phi) is 16.2. The molecule has 0 fully saturated rings. The van der Waals surface area contributed by atoms with Crippen molar-refractivity contribution < 1.29 is 18.1 Å². The summed E-state index contributed by atoms with van der Waals surface area (Å²) in [6.07, 6.45) is 0. The van der Waals surface area contributed by atoms with Gasteiger partial charge in [-0.2, -0.15) is 18.1 Å². The molecule has 0 N–H and O–H groups in total. The maximum absolute atomic E-state index is 6.30. The third-order valence-corrected chi connectivity index (χ3v) is 31.5. The highest BCUT2D eigenvalue weighted by molar-refractivity contribution is 8.92. The zero-order valence-electron chi connectivity index (χ0n) is 20.5. The fourth-order valence-electron chi connectivity index (χ4n) is 2.55. The third kappa shape index (κ3) is 9.23. The summed E-state index contributed by atoms with van der Waals surface area (Å²) >= 11 is 6.95. The van der Waals surface area contributed by atoms with E-state index < -0.39 is 26.5 Å². The summed E-state index contributed by atoms with van der Waals surface area (Å²) in [6.45, 7) is 18.3. The molecule has 32 heavy (non-hydrogen) atoms. The molecule has 1 aliphatic rings. The molecule has 16 heteroatoms. The highest BCUT2D eigenvalue weighted by Gasteiger charge is 2.40. The highest BCUT2D eigenvalue weighted by atomic mass is 33.1. The molecule has 8 nitrogen and oxygen atoms in total. The molecular formula is C16H40N4O4P4S4. The van der Waals surface area contributed by atoms with Gasteiger partial charge in [0.05, 0.1) is 26.4 Å². The second kappa shape index (κ2) is 16.1. The summed E-state index contributed by atoms with van der Waals surface area (Å²) in [7, 11) is -5.87. The molecule has 0 aliphatic carbocycles. The molecular weight excluding hydrogens is 564 g/mol. The molecule has 0 aromatic heterocycles. The second-order valence-electron chi connectivity index (χ2n) is 5.66. The van der Waals surface area contributed by atoms with Gasteiger partial charge in [-0.1, -0.05) is 73.2 Å². The van der Waals surface area contributed by atoms with E-state index in [4.69, 9.17) is 36.2 Å². The SMILES string of the molecule is CCOP1(OCC)=NP(SCC)(SCC)=NP(OCC)(OCC)=NP(SCC)(SCC)=N1. The van der Waals surface area contributed by atoms with E-state index in [-0.39, 0.29) is 0 Å². The lowest BCUT2D eigenvalue weighted by Crippen LogP contribution is -1.98. The number of hydrogen-bond donors (Lipinski definition) is 0. The summed E-state index contributed by atoms with van der Waals surface area (Å²) < 4.78 is 46.6. The lowest BCUT2D eigenvalue weighted by Gasteiger charge is -2.33. The van der Waals surface area contributed by atoms with Gasteiger partial charge in [0.15, 0.2) is 11.2 Å². The third-order valence-electron chi connectivity index (χ3n) is 3.28. The molecule has 1 heterocycles. The maximum Gasteiger partial charge on any atom is 0.344 e. The maximum atomic E-state index is 6.30. The van der Waals surface area contributed by atoms with Crippen LogP contribution in [0.1, 0.15) is 55.4 Å². The van der Waals surface area contributed by atoms with Gasteiger partial charge in [-0.15, -0.1) is 0 Å². The Morgan fingerprint density at radius 2 is 0.688 bits per heavy atom. The summed E-state index contributed by atoms with van der Waals surface area (Å²) in [5, 5.41) is 0. The minimum atomic E-state index is -2.93. The van der Waals surface area contributed by atoms with Gasteiger partial charge in [-0.25, -0.2) is 0 Å². The van der Waals surface area contributed by atoms with Crippen LogP contribution in [0.2, 0.25) is 0 Å². The smallest absolute Gasteiger partial charge is 0.307 e. The van der Waals surface area contributed by atoms with E-state index in [2.05, 4.69) is 27.7 Å². The van der Waals surface area contributed by atoms with Crippen molar-refractivity contribution in [2.75, 3.05) is 49.4 Å². The van der Waals surface area contributed by atoms with Gasteiger partial charge in [-0.3, -0.25) is 0 Å². The van der Waals surface area contributed by atoms with Crippen molar-refractivity contribution in [3.05, 3.63) is 0 Å². The normalized spacial score (nSPS) is 20.8. The van der Waals surface area contributed by atoms with E-state index in [0.717, 1.165) is 23.0 Å². The molecule has 0 bridgehead atoms. The summed E-state index contributed by atoms with van der Waals surface area (Å²) in [4.78, 5) is 0. The van der Waals surface area contributed by atoms with E-state index in [1.165, 1.54) is 0 Å². The monoisotopic (exact) mass is 604 g/mol. The van der Waals surface area contributed by atoms with Gasteiger partial charge in [0.2, 0.25) is 0 Å². The minimum Gasteiger partial charge on any atom is -0.307 e. The topological polar surface area (TPSA) is 86.4 Å². The van der Waals surface area contributed by atoms with Crippen LogP contribution >= 0.6 is 72.1 Å². The molecule has 0 saturated heterocycles. The number of nitrogens with zero attached hydrogens (tertiary/aromatic N) is 4. The van der Waals surface area contributed by atoms with Crippen LogP contribution in [0.25, 0.3) is 0 Å². The van der Waals surface area contributed by atoms with Crippen molar-refractivity contribution in [1.29, 1.82) is 0 Å². The fraction of sp³-hybridized carbons (Fsp3) is 1.00. The molecule has 0 radical (unpaired) electrons. The highest BCUT2D eigenvalue weighted by Crippen LogP contribution is 2.90. The standard InChI is InChI=1S/C16H40N4O4P4S4/c1-9-21-25(22-10-2)17-27(29-13-5,30-14-6)19-26(23-11-3,24-12-4)20-28(18-25,31-15-7)32-16-8/h9-16H2,1-8H3. The van der Waals surface area contributed by atoms with E-state index >= 15 is 0 Å².